The molecule has 0 aliphatic rings. The van der Waals surface area contributed by atoms with Crippen LogP contribution in [-0.4, -0.2) is 50.6 Å². The lowest BCUT2D eigenvalue weighted by Crippen LogP contribution is -2.35. The van der Waals surface area contributed by atoms with E-state index in [2.05, 4.69) is 4.90 Å². The quantitative estimate of drug-likeness (QED) is 0.472. The second-order valence-corrected chi connectivity index (χ2v) is 7.08. The number of rotatable bonds is 12. The molecule has 3 aromatic rings. The molecule has 1 aromatic heterocycles. The molecule has 0 bridgehead atoms. The van der Waals surface area contributed by atoms with Crippen molar-refractivity contribution < 1.29 is 28.5 Å². The lowest BCUT2D eigenvalue weighted by molar-refractivity contribution is 0.0604. The van der Waals surface area contributed by atoms with Crippen LogP contribution in [0.4, 0.5) is 0 Å². The Labute approximate surface area is 182 Å². The van der Waals surface area contributed by atoms with Gasteiger partial charge in [-0.1, -0.05) is 6.07 Å². The van der Waals surface area contributed by atoms with E-state index in [1.807, 2.05) is 54.6 Å². The number of hydrogen-bond donors (Lipinski definition) is 1. The zero-order chi connectivity index (χ0) is 22.1. The van der Waals surface area contributed by atoms with E-state index < -0.39 is 6.10 Å². The van der Waals surface area contributed by atoms with Crippen molar-refractivity contribution >= 4 is 0 Å². The highest BCUT2D eigenvalue weighted by Gasteiger charge is 2.16. The van der Waals surface area contributed by atoms with Gasteiger partial charge in [-0.25, -0.2) is 0 Å². The van der Waals surface area contributed by atoms with Crippen LogP contribution in [0.25, 0.3) is 0 Å². The van der Waals surface area contributed by atoms with Crippen molar-refractivity contribution in [1.29, 1.82) is 0 Å². The number of furan rings is 1. The van der Waals surface area contributed by atoms with Gasteiger partial charge >= 0.3 is 0 Å². The molecule has 0 fully saturated rings. The van der Waals surface area contributed by atoms with Gasteiger partial charge in [0.05, 0.1) is 34.1 Å². The topological polar surface area (TPSA) is 73.5 Å². The van der Waals surface area contributed by atoms with Crippen LogP contribution in [0.15, 0.2) is 65.3 Å². The van der Waals surface area contributed by atoms with Gasteiger partial charge in [-0.2, -0.15) is 0 Å². The highest BCUT2D eigenvalue weighted by molar-refractivity contribution is 5.42. The molecular formula is C24H29NO6. The lowest BCUT2D eigenvalue weighted by Gasteiger charge is -2.25. The Kier molecular flexibility index (Phi) is 8.20. The van der Waals surface area contributed by atoms with E-state index in [9.17, 15) is 5.11 Å². The molecule has 31 heavy (non-hydrogen) atoms. The Bertz CT molecular complexity index is 910. The summed E-state index contributed by atoms with van der Waals surface area (Å²) in [5.74, 6) is 3.60. The second-order valence-electron chi connectivity index (χ2n) is 7.08. The fourth-order valence-corrected chi connectivity index (χ4v) is 3.26. The van der Waals surface area contributed by atoms with Gasteiger partial charge < -0.3 is 28.5 Å². The number of hydrogen-bond acceptors (Lipinski definition) is 7. The first-order valence-corrected chi connectivity index (χ1v) is 10.0. The van der Waals surface area contributed by atoms with Gasteiger partial charge in [0.1, 0.15) is 30.0 Å². The third-order valence-corrected chi connectivity index (χ3v) is 4.78. The van der Waals surface area contributed by atoms with Gasteiger partial charge in [0, 0.05) is 13.1 Å². The Morgan fingerprint density at radius 2 is 1.61 bits per heavy atom. The van der Waals surface area contributed by atoms with Crippen LogP contribution in [0.2, 0.25) is 0 Å². The summed E-state index contributed by atoms with van der Waals surface area (Å²) in [5.41, 5.74) is 1.03. The summed E-state index contributed by atoms with van der Waals surface area (Å²) in [6.45, 7) is 1.74. The number of aliphatic hydroxyl groups excluding tert-OH is 1. The highest BCUT2D eigenvalue weighted by Crippen LogP contribution is 2.28. The molecule has 1 N–H and O–H groups in total. The Hall–Kier alpha value is -3.16. The minimum Gasteiger partial charge on any atom is -0.497 e. The van der Waals surface area contributed by atoms with Crippen molar-refractivity contribution in [2.45, 2.75) is 19.2 Å². The summed E-state index contributed by atoms with van der Waals surface area (Å²) < 4.78 is 27.1. The molecule has 166 valence electrons. The number of aliphatic hydroxyl groups is 1. The molecule has 2 aromatic carbocycles. The fourth-order valence-electron chi connectivity index (χ4n) is 3.26. The SMILES string of the molecule is COc1ccc(OC[C@H](O)CN(Cc2ccc(OC)c(OC)c2)Cc2ccco2)cc1. The number of benzene rings is 2. The monoisotopic (exact) mass is 427 g/mol. The highest BCUT2D eigenvalue weighted by atomic mass is 16.5. The van der Waals surface area contributed by atoms with Crippen LogP contribution in [0.1, 0.15) is 11.3 Å². The maximum absolute atomic E-state index is 10.6. The Balaban J connectivity index is 1.63. The van der Waals surface area contributed by atoms with E-state index in [0.717, 1.165) is 17.1 Å². The molecule has 0 radical (unpaired) electrons. The van der Waals surface area contributed by atoms with Gasteiger partial charge in [0.25, 0.3) is 0 Å². The molecule has 7 nitrogen and oxygen atoms in total. The molecule has 7 heteroatoms. The first kappa shape index (κ1) is 22.5. The van der Waals surface area contributed by atoms with E-state index in [-0.39, 0.29) is 6.61 Å². The van der Waals surface area contributed by atoms with Crippen LogP contribution >= 0.6 is 0 Å². The first-order valence-electron chi connectivity index (χ1n) is 10.0. The van der Waals surface area contributed by atoms with E-state index >= 15 is 0 Å². The van der Waals surface area contributed by atoms with Crippen molar-refractivity contribution in [3.05, 3.63) is 72.2 Å². The molecule has 0 unspecified atom stereocenters. The summed E-state index contributed by atoms with van der Waals surface area (Å²) in [6, 6.07) is 16.8. The predicted octanol–water partition coefficient (Wildman–Crippen LogP) is 3.75. The average Bonchev–Trinajstić information content (AvgIpc) is 3.31. The summed E-state index contributed by atoms with van der Waals surface area (Å²) >= 11 is 0. The van der Waals surface area contributed by atoms with Crippen molar-refractivity contribution in [1.82, 2.24) is 4.90 Å². The third kappa shape index (κ3) is 6.67. The first-order chi connectivity index (χ1) is 15.1. The van der Waals surface area contributed by atoms with Crippen LogP contribution < -0.4 is 18.9 Å². The normalized spacial score (nSPS) is 11.9. The number of methoxy groups -OCH3 is 3. The molecule has 0 saturated carbocycles. The summed E-state index contributed by atoms with van der Waals surface area (Å²) in [5, 5.41) is 10.6. The number of nitrogens with zero attached hydrogens (tertiary/aromatic N) is 1. The predicted molar refractivity (Wildman–Crippen MR) is 117 cm³/mol. The molecule has 1 heterocycles. The molecule has 1 atom stereocenters. The maximum atomic E-state index is 10.6. The van der Waals surface area contributed by atoms with E-state index in [1.54, 1.807) is 27.6 Å². The van der Waals surface area contributed by atoms with E-state index in [4.69, 9.17) is 23.4 Å². The van der Waals surface area contributed by atoms with Gasteiger partial charge in [-0.3, -0.25) is 4.90 Å². The zero-order valence-electron chi connectivity index (χ0n) is 18.1. The summed E-state index contributed by atoms with van der Waals surface area (Å²) in [7, 11) is 4.84. The molecule has 0 aliphatic carbocycles. The molecule has 0 amide bonds. The van der Waals surface area contributed by atoms with Gasteiger partial charge in [-0.05, 0) is 54.1 Å². The smallest absolute Gasteiger partial charge is 0.161 e. The minimum atomic E-state index is -0.683. The van der Waals surface area contributed by atoms with Gasteiger partial charge in [-0.15, -0.1) is 0 Å². The van der Waals surface area contributed by atoms with Crippen LogP contribution in [0, 0.1) is 0 Å². The third-order valence-electron chi connectivity index (χ3n) is 4.78. The molecule has 0 saturated heterocycles. The second kappa shape index (κ2) is 11.3. The van der Waals surface area contributed by atoms with Crippen molar-refractivity contribution in [3.8, 4) is 23.0 Å². The minimum absolute atomic E-state index is 0.174. The Morgan fingerprint density at radius 1 is 0.871 bits per heavy atom. The van der Waals surface area contributed by atoms with E-state index in [1.165, 1.54) is 0 Å². The summed E-state index contributed by atoms with van der Waals surface area (Å²) in [6.07, 6.45) is 0.963. The van der Waals surface area contributed by atoms with Crippen LogP contribution in [0.5, 0.6) is 23.0 Å². The van der Waals surface area contributed by atoms with E-state index in [0.29, 0.717) is 36.9 Å². The van der Waals surface area contributed by atoms with Crippen molar-refractivity contribution in [2.75, 3.05) is 34.5 Å². The van der Waals surface area contributed by atoms with Crippen molar-refractivity contribution in [2.24, 2.45) is 0 Å². The molecule has 0 spiro atoms. The fraction of sp³-hybridized carbons (Fsp3) is 0.333. The average molecular weight is 427 g/mol. The zero-order valence-corrected chi connectivity index (χ0v) is 18.1. The van der Waals surface area contributed by atoms with Crippen molar-refractivity contribution in [3.63, 3.8) is 0 Å². The van der Waals surface area contributed by atoms with Gasteiger partial charge in [0.15, 0.2) is 11.5 Å². The maximum Gasteiger partial charge on any atom is 0.161 e. The standard InChI is InChI=1S/C24H29NO6/c1-27-20-7-9-21(10-8-20)31-17-19(26)15-25(16-22-5-4-12-30-22)14-18-6-11-23(28-2)24(13-18)29-3/h4-13,19,26H,14-17H2,1-3H3/t19-/m1/s1. The number of ether oxygens (including phenoxy) is 4. The molecular weight excluding hydrogens is 398 g/mol. The van der Waals surface area contributed by atoms with Crippen LogP contribution in [-0.2, 0) is 13.1 Å². The molecule has 0 aliphatic heterocycles. The van der Waals surface area contributed by atoms with Gasteiger partial charge in [0.2, 0.25) is 0 Å². The molecule has 3 rings (SSSR count). The Morgan fingerprint density at radius 3 is 2.26 bits per heavy atom. The van der Waals surface area contributed by atoms with Crippen LogP contribution in [0.3, 0.4) is 0 Å². The lowest BCUT2D eigenvalue weighted by atomic mass is 10.1. The largest absolute Gasteiger partial charge is 0.497 e. The summed E-state index contributed by atoms with van der Waals surface area (Å²) in [4.78, 5) is 2.10.